The van der Waals surface area contributed by atoms with Crippen LogP contribution in [-0.2, 0) is 11.2 Å². The first-order chi connectivity index (χ1) is 14.0. The van der Waals surface area contributed by atoms with Crippen molar-refractivity contribution < 1.29 is 18.3 Å². The molecule has 158 valence electrons. The zero-order valence-electron chi connectivity index (χ0n) is 17.0. The number of hydrogen-bond acceptors (Lipinski definition) is 3. The molecule has 5 nitrogen and oxygen atoms in total. The van der Waals surface area contributed by atoms with Gasteiger partial charge in [-0.05, 0) is 51.5 Å². The Morgan fingerprint density at radius 1 is 1.13 bits per heavy atom. The van der Waals surface area contributed by atoms with E-state index in [2.05, 4.69) is 21.2 Å². The number of carbonyl (C=O) groups excluding carboxylic acids is 1. The molecular weight excluding hydrogens is 458 g/mol. The lowest BCUT2D eigenvalue weighted by Crippen LogP contribution is -2.27. The molecule has 0 unspecified atom stereocenters. The molecule has 0 aliphatic carbocycles. The van der Waals surface area contributed by atoms with Gasteiger partial charge in [-0.15, -0.1) is 0 Å². The van der Waals surface area contributed by atoms with E-state index < -0.39 is 23.3 Å². The molecule has 0 fully saturated rings. The first-order valence-electron chi connectivity index (χ1n) is 9.34. The van der Waals surface area contributed by atoms with Gasteiger partial charge in [-0.1, -0.05) is 22.9 Å². The van der Waals surface area contributed by atoms with Crippen LogP contribution in [0.25, 0.3) is 16.6 Å². The van der Waals surface area contributed by atoms with Gasteiger partial charge in [0, 0.05) is 27.7 Å². The second-order valence-electron chi connectivity index (χ2n) is 7.76. The van der Waals surface area contributed by atoms with Crippen molar-refractivity contribution in [3.63, 3.8) is 0 Å². The fourth-order valence-electron chi connectivity index (χ4n) is 3.11. The molecule has 1 N–H and O–H groups in total. The van der Waals surface area contributed by atoms with Crippen LogP contribution in [-0.4, -0.2) is 16.3 Å². The predicted octanol–water partition coefficient (Wildman–Crippen LogP) is 5.94. The van der Waals surface area contributed by atoms with Crippen LogP contribution < -0.4 is 10.7 Å². The number of amides is 1. The number of aryl methyl sites for hydroxylation is 1. The van der Waals surface area contributed by atoms with Crippen molar-refractivity contribution in [3.8, 4) is 5.69 Å². The van der Waals surface area contributed by atoms with Crippen LogP contribution in [0.1, 0.15) is 33.4 Å². The largest absolute Gasteiger partial charge is 0.444 e. The number of aromatic nitrogens is 1. The number of halogens is 3. The number of rotatable bonds is 3. The van der Waals surface area contributed by atoms with Crippen LogP contribution in [0.5, 0.6) is 0 Å². The lowest BCUT2D eigenvalue weighted by molar-refractivity contribution is 0.0635. The molecule has 2 aromatic carbocycles. The Balaban J connectivity index is 2.22. The Kier molecular flexibility index (Phi) is 5.99. The third-order valence-corrected chi connectivity index (χ3v) is 4.82. The van der Waals surface area contributed by atoms with Crippen LogP contribution in [0.3, 0.4) is 0 Å². The fraction of sp³-hybridized carbons (Fsp3) is 0.273. The minimum atomic E-state index is -0.938. The van der Waals surface area contributed by atoms with E-state index in [9.17, 15) is 18.4 Å². The van der Waals surface area contributed by atoms with Crippen molar-refractivity contribution in [1.82, 2.24) is 4.57 Å². The maximum Gasteiger partial charge on any atom is 0.412 e. The van der Waals surface area contributed by atoms with Gasteiger partial charge >= 0.3 is 6.09 Å². The lowest BCUT2D eigenvalue weighted by Gasteiger charge is -2.21. The third-order valence-electron chi connectivity index (χ3n) is 4.33. The molecule has 0 aliphatic rings. The topological polar surface area (TPSA) is 60.3 Å². The maximum absolute atomic E-state index is 14.9. The average Bonchev–Trinajstić information content (AvgIpc) is 2.62. The van der Waals surface area contributed by atoms with Crippen molar-refractivity contribution in [3.05, 3.63) is 68.4 Å². The summed E-state index contributed by atoms with van der Waals surface area (Å²) in [6.07, 6.45) is -0.425. The highest BCUT2D eigenvalue weighted by atomic mass is 79.9. The van der Waals surface area contributed by atoms with E-state index in [4.69, 9.17) is 4.74 Å². The summed E-state index contributed by atoms with van der Waals surface area (Å²) >= 11 is 3.37. The Labute approximate surface area is 180 Å². The van der Waals surface area contributed by atoms with Crippen molar-refractivity contribution >= 4 is 38.6 Å². The summed E-state index contributed by atoms with van der Waals surface area (Å²) in [6.45, 7) is 6.86. The molecule has 1 heterocycles. The summed E-state index contributed by atoms with van der Waals surface area (Å²) in [6, 6.07) is 8.37. The van der Waals surface area contributed by atoms with Gasteiger partial charge in [0.05, 0.1) is 16.9 Å². The molecular formula is C22H21BrF2N2O3. The fourth-order valence-corrected chi connectivity index (χ4v) is 3.46. The van der Waals surface area contributed by atoms with E-state index in [1.54, 1.807) is 43.5 Å². The zero-order valence-corrected chi connectivity index (χ0v) is 18.6. The summed E-state index contributed by atoms with van der Waals surface area (Å²) in [5, 5.41) is 2.71. The van der Waals surface area contributed by atoms with Gasteiger partial charge in [0.2, 0.25) is 0 Å². The van der Waals surface area contributed by atoms with Crippen molar-refractivity contribution in [1.29, 1.82) is 0 Å². The summed E-state index contributed by atoms with van der Waals surface area (Å²) in [5.74, 6) is -1.77. The van der Waals surface area contributed by atoms with Crippen molar-refractivity contribution in [2.45, 2.75) is 39.7 Å². The molecule has 8 heteroatoms. The normalized spacial score (nSPS) is 11.6. The molecule has 1 amide bonds. The van der Waals surface area contributed by atoms with E-state index in [1.165, 1.54) is 12.1 Å². The summed E-state index contributed by atoms with van der Waals surface area (Å²) in [7, 11) is 0. The van der Waals surface area contributed by atoms with Crippen molar-refractivity contribution in [2.75, 3.05) is 5.32 Å². The molecule has 3 aromatic rings. The quantitative estimate of drug-likeness (QED) is 0.506. The minimum Gasteiger partial charge on any atom is -0.444 e. The summed E-state index contributed by atoms with van der Waals surface area (Å²) in [5.41, 5.74) is -0.200. The van der Waals surface area contributed by atoms with Crippen LogP contribution in [0.2, 0.25) is 0 Å². The van der Waals surface area contributed by atoms with E-state index in [0.29, 0.717) is 33.6 Å². The Morgan fingerprint density at radius 3 is 2.47 bits per heavy atom. The maximum atomic E-state index is 14.9. The number of hydrogen-bond donors (Lipinski definition) is 1. The predicted molar refractivity (Wildman–Crippen MR) is 116 cm³/mol. The molecule has 0 saturated carbocycles. The molecule has 0 spiro atoms. The SMILES string of the molecule is CCc1cc(=O)c2ccc(Br)cc2n1-c1cc(NC(=O)OC(C)(C)C)c(F)cc1F. The molecule has 30 heavy (non-hydrogen) atoms. The van der Waals surface area contributed by atoms with E-state index >= 15 is 0 Å². The molecule has 0 atom stereocenters. The zero-order chi connectivity index (χ0) is 22.2. The first kappa shape index (κ1) is 22.0. The number of carbonyl (C=O) groups is 1. The highest BCUT2D eigenvalue weighted by Crippen LogP contribution is 2.28. The number of benzene rings is 2. The van der Waals surface area contributed by atoms with Gasteiger partial charge in [0.15, 0.2) is 5.43 Å². The Hall–Kier alpha value is -2.74. The average molecular weight is 479 g/mol. The monoisotopic (exact) mass is 478 g/mol. The minimum absolute atomic E-state index is 0.00223. The summed E-state index contributed by atoms with van der Waals surface area (Å²) in [4.78, 5) is 24.6. The Morgan fingerprint density at radius 2 is 1.83 bits per heavy atom. The van der Waals surface area contributed by atoms with Crippen molar-refractivity contribution in [2.24, 2.45) is 0 Å². The van der Waals surface area contributed by atoms with Gasteiger partial charge < -0.3 is 9.30 Å². The lowest BCUT2D eigenvalue weighted by atomic mass is 10.1. The Bertz CT molecular complexity index is 1200. The van der Waals surface area contributed by atoms with Crippen LogP contribution in [0.4, 0.5) is 19.3 Å². The second-order valence-corrected chi connectivity index (χ2v) is 8.68. The molecule has 0 radical (unpaired) electrons. The molecule has 3 rings (SSSR count). The molecule has 0 bridgehead atoms. The number of pyridine rings is 1. The van der Waals surface area contributed by atoms with Gasteiger partial charge in [-0.2, -0.15) is 0 Å². The van der Waals surface area contributed by atoms with Gasteiger partial charge in [0.1, 0.15) is 17.2 Å². The molecule has 1 aromatic heterocycles. The highest BCUT2D eigenvalue weighted by Gasteiger charge is 2.20. The number of nitrogens with zero attached hydrogens (tertiary/aromatic N) is 1. The van der Waals surface area contributed by atoms with E-state index in [1.807, 2.05) is 6.92 Å². The second kappa shape index (κ2) is 8.18. The van der Waals surface area contributed by atoms with Crippen LogP contribution in [0, 0.1) is 11.6 Å². The third kappa shape index (κ3) is 4.53. The van der Waals surface area contributed by atoms with Crippen LogP contribution >= 0.6 is 15.9 Å². The van der Waals surface area contributed by atoms with E-state index in [-0.39, 0.29) is 16.8 Å². The smallest absolute Gasteiger partial charge is 0.412 e. The standard InChI is InChI=1S/C22H21BrF2N2O3/c1-5-13-9-20(28)14-7-6-12(23)8-18(14)27(13)19-11-17(15(24)10-16(19)25)26-21(29)30-22(2,3)4/h6-11H,5H2,1-4H3,(H,26,29). The first-order valence-corrected chi connectivity index (χ1v) is 10.1. The highest BCUT2D eigenvalue weighted by molar-refractivity contribution is 9.10. The molecule has 0 saturated heterocycles. The van der Waals surface area contributed by atoms with Gasteiger partial charge in [-0.25, -0.2) is 13.6 Å². The number of ether oxygens (including phenoxy) is 1. The number of anilines is 1. The summed E-state index contributed by atoms with van der Waals surface area (Å²) < 4.78 is 36.7. The van der Waals surface area contributed by atoms with E-state index in [0.717, 1.165) is 0 Å². The number of fused-ring (bicyclic) bond motifs is 1. The van der Waals surface area contributed by atoms with Gasteiger partial charge in [-0.3, -0.25) is 10.1 Å². The van der Waals surface area contributed by atoms with Gasteiger partial charge in [0.25, 0.3) is 0 Å². The molecule has 0 aliphatic heterocycles. The van der Waals surface area contributed by atoms with Crippen LogP contribution in [0.15, 0.2) is 45.7 Å². The number of nitrogens with one attached hydrogen (secondary N) is 1.